The maximum Gasteiger partial charge on any atom is 0.305 e. The first kappa shape index (κ1) is 11.2. The highest BCUT2D eigenvalue weighted by molar-refractivity contribution is 5.67. The molecular weight excluding hydrogens is 198 g/mol. The molecule has 0 aliphatic rings. The van der Waals surface area contributed by atoms with Gasteiger partial charge >= 0.3 is 5.97 Å². The highest BCUT2D eigenvalue weighted by Crippen LogP contribution is 2.28. The molecule has 5 nitrogen and oxygen atoms in total. The summed E-state index contributed by atoms with van der Waals surface area (Å²) in [5, 5.41) is 20.6. The van der Waals surface area contributed by atoms with Crippen LogP contribution in [0.2, 0.25) is 0 Å². The molecular formula is C10H13NO4. The maximum absolute atomic E-state index is 10.3. The average Bonchev–Trinajstić information content (AvgIpc) is 2.20. The summed E-state index contributed by atoms with van der Waals surface area (Å²) < 4.78 is 4.91. The Balaban J connectivity index is 2.58. The van der Waals surface area contributed by atoms with Crippen molar-refractivity contribution in [1.29, 1.82) is 0 Å². The summed E-state index contributed by atoms with van der Waals surface area (Å²) in [4.78, 5) is 10.3. The van der Waals surface area contributed by atoms with E-state index in [4.69, 9.17) is 9.84 Å². The molecule has 0 aromatic heterocycles. The van der Waals surface area contributed by atoms with Gasteiger partial charge in [-0.2, -0.15) is 0 Å². The maximum atomic E-state index is 10.3. The third-order valence-corrected chi connectivity index (χ3v) is 1.85. The van der Waals surface area contributed by atoms with Gasteiger partial charge in [-0.05, 0) is 12.1 Å². The zero-order valence-electron chi connectivity index (χ0n) is 8.36. The highest BCUT2D eigenvalue weighted by Gasteiger charge is 2.02. The lowest BCUT2D eigenvalue weighted by atomic mass is 10.2. The van der Waals surface area contributed by atoms with E-state index >= 15 is 0 Å². The van der Waals surface area contributed by atoms with Crippen molar-refractivity contribution in [1.82, 2.24) is 0 Å². The van der Waals surface area contributed by atoms with Crippen LogP contribution in [-0.2, 0) is 4.79 Å². The number of methoxy groups -OCH3 is 1. The third kappa shape index (κ3) is 3.38. The van der Waals surface area contributed by atoms with Gasteiger partial charge in [0.2, 0.25) is 0 Å². The summed E-state index contributed by atoms with van der Waals surface area (Å²) in [6, 6.07) is 4.75. The predicted octanol–water partition coefficient (Wildman–Crippen LogP) is 1.29. The SMILES string of the molecule is COc1cc(NCCC(=O)O)ccc1O. The molecule has 0 atom stereocenters. The largest absolute Gasteiger partial charge is 0.504 e. The van der Waals surface area contributed by atoms with Crippen molar-refractivity contribution in [3.63, 3.8) is 0 Å². The first-order chi connectivity index (χ1) is 7.13. The molecule has 0 spiro atoms. The Labute approximate surface area is 87.3 Å². The Morgan fingerprint density at radius 3 is 2.87 bits per heavy atom. The fourth-order valence-corrected chi connectivity index (χ4v) is 1.10. The number of rotatable bonds is 5. The molecule has 0 heterocycles. The van der Waals surface area contributed by atoms with Crippen molar-refractivity contribution in [2.45, 2.75) is 6.42 Å². The number of phenols is 1. The monoisotopic (exact) mass is 211 g/mol. The lowest BCUT2D eigenvalue weighted by Crippen LogP contribution is -2.07. The molecule has 0 radical (unpaired) electrons. The van der Waals surface area contributed by atoms with E-state index in [0.29, 0.717) is 18.0 Å². The lowest BCUT2D eigenvalue weighted by molar-refractivity contribution is -0.136. The number of benzene rings is 1. The van der Waals surface area contributed by atoms with Crippen LogP contribution in [0.4, 0.5) is 5.69 Å². The van der Waals surface area contributed by atoms with Crippen molar-refractivity contribution in [3.05, 3.63) is 18.2 Å². The molecule has 15 heavy (non-hydrogen) atoms. The van der Waals surface area contributed by atoms with E-state index in [9.17, 15) is 9.90 Å². The summed E-state index contributed by atoms with van der Waals surface area (Å²) in [6.45, 7) is 0.337. The zero-order valence-corrected chi connectivity index (χ0v) is 8.36. The Morgan fingerprint density at radius 1 is 1.53 bits per heavy atom. The molecule has 0 aliphatic heterocycles. The number of hydrogen-bond acceptors (Lipinski definition) is 4. The van der Waals surface area contributed by atoms with E-state index in [0.717, 1.165) is 0 Å². The van der Waals surface area contributed by atoms with E-state index < -0.39 is 5.97 Å². The highest BCUT2D eigenvalue weighted by atomic mass is 16.5. The minimum absolute atomic E-state index is 0.0448. The number of anilines is 1. The second kappa shape index (κ2) is 5.09. The second-order valence-electron chi connectivity index (χ2n) is 2.96. The lowest BCUT2D eigenvalue weighted by Gasteiger charge is -2.08. The summed E-state index contributed by atoms with van der Waals surface area (Å²) in [5.74, 6) is -0.440. The Kier molecular flexibility index (Phi) is 3.79. The van der Waals surface area contributed by atoms with Gasteiger partial charge < -0.3 is 20.3 Å². The first-order valence-corrected chi connectivity index (χ1v) is 4.46. The topological polar surface area (TPSA) is 78.8 Å². The number of carbonyl (C=O) groups is 1. The smallest absolute Gasteiger partial charge is 0.305 e. The van der Waals surface area contributed by atoms with Crippen molar-refractivity contribution >= 4 is 11.7 Å². The van der Waals surface area contributed by atoms with Crippen LogP contribution in [0.5, 0.6) is 11.5 Å². The van der Waals surface area contributed by atoms with Gasteiger partial charge in [-0.3, -0.25) is 4.79 Å². The minimum Gasteiger partial charge on any atom is -0.504 e. The van der Waals surface area contributed by atoms with Crippen LogP contribution in [0, 0.1) is 0 Å². The van der Waals surface area contributed by atoms with Crippen LogP contribution in [0.1, 0.15) is 6.42 Å². The molecule has 1 rings (SSSR count). The molecule has 1 aromatic rings. The first-order valence-electron chi connectivity index (χ1n) is 4.46. The van der Waals surface area contributed by atoms with Gasteiger partial charge in [0.05, 0.1) is 13.5 Å². The minimum atomic E-state index is -0.853. The van der Waals surface area contributed by atoms with Crippen molar-refractivity contribution < 1.29 is 19.7 Å². The molecule has 0 aliphatic carbocycles. The molecule has 0 fully saturated rings. The molecule has 0 bridgehead atoms. The Hall–Kier alpha value is -1.91. The van der Waals surface area contributed by atoms with Gasteiger partial charge in [0.15, 0.2) is 11.5 Å². The number of aliphatic carboxylic acids is 1. The molecule has 1 aromatic carbocycles. The van der Waals surface area contributed by atoms with Crippen molar-refractivity contribution in [2.24, 2.45) is 0 Å². The number of phenolic OH excluding ortho intramolecular Hbond substituents is 1. The van der Waals surface area contributed by atoms with Gasteiger partial charge in [-0.15, -0.1) is 0 Å². The molecule has 0 saturated carbocycles. The number of hydrogen-bond donors (Lipinski definition) is 3. The molecule has 0 saturated heterocycles. The van der Waals surface area contributed by atoms with Crippen molar-refractivity contribution in [2.75, 3.05) is 19.0 Å². The summed E-state index contributed by atoms with van der Waals surface area (Å²) in [7, 11) is 1.45. The third-order valence-electron chi connectivity index (χ3n) is 1.85. The quantitative estimate of drug-likeness (QED) is 0.639. The Morgan fingerprint density at radius 2 is 2.27 bits per heavy atom. The molecule has 0 amide bonds. The van der Waals surface area contributed by atoms with Gasteiger partial charge in [0.25, 0.3) is 0 Å². The second-order valence-corrected chi connectivity index (χ2v) is 2.96. The predicted molar refractivity (Wildman–Crippen MR) is 55.4 cm³/mol. The fourth-order valence-electron chi connectivity index (χ4n) is 1.10. The molecule has 3 N–H and O–H groups in total. The van der Waals surface area contributed by atoms with Gasteiger partial charge in [0, 0.05) is 18.3 Å². The van der Waals surface area contributed by atoms with Gasteiger partial charge in [-0.1, -0.05) is 0 Å². The van der Waals surface area contributed by atoms with Crippen LogP contribution in [0.15, 0.2) is 18.2 Å². The van der Waals surface area contributed by atoms with Crippen LogP contribution >= 0.6 is 0 Å². The van der Waals surface area contributed by atoms with E-state index in [1.807, 2.05) is 0 Å². The van der Waals surface area contributed by atoms with Gasteiger partial charge in [0.1, 0.15) is 0 Å². The van der Waals surface area contributed by atoms with Crippen molar-refractivity contribution in [3.8, 4) is 11.5 Å². The number of nitrogens with one attached hydrogen (secondary N) is 1. The number of ether oxygens (including phenoxy) is 1. The van der Waals surface area contributed by atoms with E-state index in [1.54, 1.807) is 12.1 Å². The standard InChI is InChI=1S/C10H13NO4/c1-15-9-6-7(2-3-8(9)12)11-5-4-10(13)14/h2-3,6,11-12H,4-5H2,1H3,(H,13,14). The summed E-state index contributed by atoms with van der Waals surface area (Å²) >= 11 is 0. The van der Waals surface area contributed by atoms with Gasteiger partial charge in [-0.25, -0.2) is 0 Å². The Bertz CT molecular complexity index is 351. The van der Waals surface area contributed by atoms with E-state index in [-0.39, 0.29) is 12.2 Å². The molecule has 5 heteroatoms. The fraction of sp³-hybridized carbons (Fsp3) is 0.300. The van der Waals surface area contributed by atoms with Crippen LogP contribution in [-0.4, -0.2) is 29.8 Å². The van der Waals surface area contributed by atoms with Crippen LogP contribution in [0.3, 0.4) is 0 Å². The van der Waals surface area contributed by atoms with E-state index in [2.05, 4.69) is 5.32 Å². The summed E-state index contributed by atoms with van der Waals surface area (Å²) in [5.41, 5.74) is 0.714. The van der Waals surface area contributed by atoms with E-state index in [1.165, 1.54) is 13.2 Å². The molecule has 0 unspecified atom stereocenters. The average molecular weight is 211 g/mol. The zero-order chi connectivity index (χ0) is 11.3. The number of carboxylic acids is 1. The molecule has 82 valence electrons. The number of carboxylic acid groups (broad SMARTS) is 1. The normalized spacial score (nSPS) is 9.67. The summed E-state index contributed by atoms with van der Waals surface area (Å²) in [6.07, 6.45) is 0.0448. The number of aromatic hydroxyl groups is 1. The van der Waals surface area contributed by atoms with Crippen LogP contribution < -0.4 is 10.1 Å². The van der Waals surface area contributed by atoms with Crippen LogP contribution in [0.25, 0.3) is 0 Å².